The van der Waals surface area contributed by atoms with Gasteiger partial charge >= 0.3 is 0 Å². The highest BCUT2D eigenvalue weighted by Gasteiger charge is 2.21. The largest absolute Gasteiger partial charge is 0.469 e. The van der Waals surface area contributed by atoms with Gasteiger partial charge in [-0.05, 0) is 62.4 Å². The minimum absolute atomic E-state index is 0.0398. The fourth-order valence-electron chi connectivity index (χ4n) is 3.37. The summed E-state index contributed by atoms with van der Waals surface area (Å²) in [4.78, 5) is 12.6. The highest BCUT2D eigenvalue weighted by atomic mass is 32.2. The van der Waals surface area contributed by atoms with Crippen LogP contribution in [0.4, 0.5) is 5.69 Å². The second kappa shape index (κ2) is 7.23. The first-order chi connectivity index (χ1) is 13.0. The Morgan fingerprint density at radius 1 is 1.26 bits per heavy atom. The molecule has 1 N–H and O–H groups in total. The Morgan fingerprint density at radius 3 is 2.85 bits per heavy atom. The van der Waals surface area contributed by atoms with E-state index in [1.807, 2.05) is 37.6 Å². The molecule has 1 aliphatic carbocycles. The van der Waals surface area contributed by atoms with Gasteiger partial charge in [0.05, 0.1) is 17.1 Å². The number of fused-ring (bicyclic) bond motifs is 1. The van der Waals surface area contributed by atoms with Gasteiger partial charge in [0.25, 0.3) is 0 Å². The molecule has 140 valence electrons. The maximum absolute atomic E-state index is 12.6. The van der Waals surface area contributed by atoms with Gasteiger partial charge in [0.2, 0.25) is 5.91 Å². The van der Waals surface area contributed by atoms with Gasteiger partial charge in [-0.25, -0.2) is 0 Å². The van der Waals surface area contributed by atoms with Crippen LogP contribution in [0.1, 0.15) is 30.2 Å². The third-order valence-electron chi connectivity index (χ3n) is 4.95. The van der Waals surface area contributed by atoms with Gasteiger partial charge < -0.3 is 14.3 Å². The Bertz CT molecular complexity index is 992. The monoisotopic (exact) mass is 382 g/mol. The van der Waals surface area contributed by atoms with Gasteiger partial charge in [0, 0.05) is 12.7 Å². The van der Waals surface area contributed by atoms with E-state index < -0.39 is 0 Å². The van der Waals surface area contributed by atoms with E-state index in [0.717, 1.165) is 35.7 Å². The zero-order chi connectivity index (χ0) is 19.0. The molecule has 1 aromatic carbocycles. The van der Waals surface area contributed by atoms with Crippen LogP contribution in [0.2, 0.25) is 0 Å². The number of anilines is 1. The molecule has 27 heavy (non-hydrogen) atoms. The molecule has 1 amide bonds. The van der Waals surface area contributed by atoms with Crippen molar-refractivity contribution in [2.45, 2.75) is 43.5 Å². The Balaban J connectivity index is 1.44. The number of amides is 1. The highest BCUT2D eigenvalue weighted by Crippen LogP contribution is 2.29. The van der Waals surface area contributed by atoms with Crippen molar-refractivity contribution in [3.05, 3.63) is 47.4 Å². The molecular formula is C20H22N4O2S. The smallest absolute Gasteiger partial charge is 0.237 e. The lowest BCUT2D eigenvalue weighted by Gasteiger charge is -2.12. The average Bonchev–Trinajstić information content (AvgIpc) is 3.36. The zero-order valence-corrected chi connectivity index (χ0v) is 16.5. The van der Waals surface area contributed by atoms with Crippen molar-refractivity contribution in [1.29, 1.82) is 0 Å². The number of rotatable bonds is 5. The van der Waals surface area contributed by atoms with Gasteiger partial charge in [-0.2, -0.15) is 0 Å². The van der Waals surface area contributed by atoms with Crippen molar-refractivity contribution in [3.8, 4) is 11.4 Å². The van der Waals surface area contributed by atoms with Gasteiger partial charge in [-0.15, -0.1) is 10.2 Å². The summed E-state index contributed by atoms with van der Waals surface area (Å²) in [5.74, 6) is 1.49. The molecule has 0 unspecified atom stereocenters. The average molecular weight is 382 g/mol. The van der Waals surface area contributed by atoms with E-state index in [1.54, 1.807) is 6.26 Å². The fraction of sp³-hybridized carbons (Fsp3) is 0.350. The molecule has 6 nitrogen and oxygen atoms in total. The normalized spacial score (nSPS) is 14.2. The van der Waals surface area contributed by atoms with Crippen LogP contribution in [0.25, 0.3) is 11.4 Å². The van der Waals surface area contributed by atoms with E-state index >= 15 is 0 Å². The molecule has 0 saturated heterocycles. The number of furan rings is 1. The van der Waals surface area contributed by atoms with Gasteiger partial charge in [0.15, 0.2) is 11.0 Å². The first-order valence-corrected chi connectivity index (χ1v) is 9.94. The molecule has 0 bridgehead atoms. The number of hydrogen-bond donors (Lipinski definition) is 1. The van der Waals surface area contributed by atoms with Crippen molar-refractivity contribution >= 4 is 23.4 Å². The topological polar surface area (TPSA) is 72.9 Å². The predicted octanol–water partition coefficient (Wildman–Crippen LogP) is 3.99. The minimum Gasteiger partial charge on any atom is -0.469 e. The first-order valence-electron chi connectivity index (χ1n) is 9.06. The number of thioether (sulfide) groups is 1. The standard InChI is InChI=1S/C20H22N4O2S/c1-12-17(9-10-26-12)18-22-23-20(24(18)3)27-13(2)19(25)21-16-8-7-14-5-4-6-15(14)11-16/h7-11,13H,4-6H2,1-3H3,(H,21,25)/t13-/m1/s1. The van der Waals surface area contributed by atoms with E-state index in [-0.39, 0.29) is 11.2 Å². The molecule has 2 aromatic heterocycles. The van der Waals surface area contributed by atoms with Crippen LogP contribution < -0.4 is 5.32 Å². The van der Waals surface area contributed by atoms with E-state index in [4.69, 9.17) is 4.42 Å². The van der Waals surface area contributed by atoms with Crippen molar-refractivity contribution < 1.29 is 9.21 Å². The molecule has 4 rings (SSSR count). The van der Waals surface area contributed by atoms with Crippen LogP contribution >= 0.6 is 11.8 Å². The van der Waals surface area contributed by atoms with Crippen LogP contribution in [-0.2, 0) is 24.7 Å². The van der Waals surface area contributed by atoms with Crippen molar-refractivity contribution in [2.24, 2.45) is 7.05 Å². The Labute approximate surface area is 162 Å². The van der Waals surface area contributed by atoms with Crippen molar-refractivity contribution in [1.82, 2.24) is 14.8 Å². The summed E-state index contributed by atoms with van der Waals surface area (Å²) < 4.78 is 7.24. The highest BCUT2D eigenvalue weighted by molar-refractivity contribution is 8.00. The second-order valence-electron chi connectivity index (χ2n) is 6.84. The number of benzene rings is 1. The number of nitrogens with one attached hydrogen (secondary N) is 1. The second-order valence-corrected chi connectivity index (χ2v) is 8.15. The zero-order valence-electron chi connectivity index (χ0n) is 15.7. The van der Waals surface area contributed by atoms with Gasteiger partial charge in [-0.3, -0.25) is 4.79 Å². The number of carbonyl (C=O) groups excluding carboxylic acids is 1. The molecule has 3 aromatic rings. The molecular weight excluding hydrogens is 360 g/mol. The lowest BCUT2D eigenvalue weighted by atomic mass is 10.1. The number of aromatic nitrogens is 3. The van der Waals surface area contributed by atoms with Gasteiger partial charge in [0.1, 0.15) is 5.76 Å². The molecule has 0 radical (unpaired) electrons. The Morgan fingerprint density at radius 2 is 2.07 bits per heavy atom. The molecule has 7 heteroatoms. The van der Waals surface area contributed by atoms with E-state index in [2.05, 4.69) is 27.6 Å². The first kappa shape index (κ1) is 17.9. The summed E-state index contributed by atoms with van der Waals surface area (Å²) in [6, 6.07) is 8.08. The third kappa shape index (κ3) is 3.51. The molecule has 0 spiro atoms. The quantitative estimate of drug-likeness (QED) is 0.676. The number of hydrogen-bond acceptors (Lipinski definition) is 5. The van der Waals surface area contributed by atoms with E-state index in [0.29, 0.717) is 5.16 Å². The summed E-state index contributed by atoms with van der Waals surface area (Å²) in [6.45, 7) is 3.77. The third-order valence-corrected chi connectivity index (χ3v) is 6.09. The van der Waals surface area contributed by atoms with E-state index in [9.17, 15) is 4.79 Å². The Kier molecular flexibility index (Phi) is 4.78. The molecule has 2 heterocycles. The van der Waals surface area contributed by atoms with Crippen molar-refractivity contribution in [3.63, 3.8) is 0 Å². The van der Waals surface area contributed by atoms with Gasteiger partial charge in [-0.1, -0.05) is 17.8 Å². The molecule has 1 atom stereocenters. The van der Waals surface area contributed by atoms with Crippen LogP contribution in [0.15, 0.2) is 40.1 Å². The van der Waals surface area contributed by atoms with Crippen LogP contribution in [-0.4, -0.2) is 25.9 Å². The molecule has 0 fully saturated rings. The minimum atomic E-state index is -0.292. The SMILES string of the molecule is Cc1occc1-c1nnc(S[C@H](C)C(=O)Nc2ccc3c(c2)CCC3)n1C. The molecule has 0 aliphatic heterocycles. The molecule has 1 aliphatic rings. The van der Waals surface area contributed by atoms with Crippen LogP contribution in [0, 0.1) is 6.92 Å². The summed E-state index contributed by atoms with van der Waals surface area (Å²) >= 11 is 1.39. The maximum Gasteiger partial charge on any atom is 0.237 e. The fourth-order valence-corrected chi connectivity index (χ4v) is 4.19. The maximum atomic E-state index is 12.6. The summed E-state index contributed by atoms with van der Waals surface area (Å²) in [7, 11) is 1.90. The number of carbonyl (C=O) groups is 1. The lowest BCUT2D eigenvalue weighted by molar-refractivity contribution is -0.115. The number of nitrogens with zero attached hydrogens (tertiary/aromatic N) is 3. The lowest BCUT2D eigenvalue weighted by Crippen LogP contribution is -2.23. The van der Waals surface area contributed by atoms with Crippen LogP contribution in [0.5, 0.6) is 0 Å². The number of aryl methyl sites for hydroxylation is 3. The summed E-state index contributed by atoms with van der Waals surface area (Å²) in [6.07, 6.45) is 5.07. The van der Waals surface area contributed by atoms with E-state index in [1.165, 1.54) is 29.3 Å². The predicted molar refractivity (Wildman–Crippen MR) is 106 cm³/mol. The van der Waals surface area contributed by atoms with Crippen LogP contribution in [0.3, 0.4) is 0 Å². The summed E-state index contributed by atoms with van der Waals surface area (Å²) in [5, 5.41) is 11.9. The van der Waals surface area contributed by atoms with Crippen molar-refractivity contribution in [2.75, 3.05) is 5.32 Å². The molecule has 0 saturated carbocycles. The summed E-state index contributed by atoms with van der Waals surface area (Å²) in [5.41, 5.74) is 4.52. The Hall–Kier alpha value is -2.54.